The molecule has 0 fully saturated rings. The van der Waals surface area contributed by atoms with Crippen LogP contribution in [0.3, 0.4) is 0 Å². The van der Waals surface area contributed by atoms with Crippen LogP contribution in [0.4, 0.5) is 5.82 Å². The maximum absolute atomic E-state index is 6.18. The average molecular weight is 248 g/mol. The van der Waals surface area contributed by atoms with E-state index in [0.29, 0.717) is 12.2 Å². The standard InChI is InChI=1S/C12H16N4S/c1-7-3-4-15-12(14)11(7)10(13)5-9-6-17-8(2)16-9/h3-4,6,10H,5,13H2,1-2H3,(H2,14,15). The van der Waals surface area contributed by atoms with Crippen molar-refractivity contribution in [2.75, 3.05) is 5.73 Å². The second-order valence-electron chi connectivity index (χ2n) is 4.10. The predicted octanol–water partition coefficient (Wildman–Crippen LogP) is 1.98. The maximum Gasteiger partial charge on any atom is 0.128 e. The topological polar surface area (TPSA) is 77.8 Å². The molecule has 2 aromatic heterocycles. The predicted molar refractivity (Wildman–Crippen MR) is 70.9 cm³/mol. The van der Waals surface area contributed by atoms with Gasteiger partial charge in [0, 0.05) is 29.6 Å². The summed E-state index contributed by atoms with van der Waals surface area (Å²) in [5, 5.41) is 3.10. The zero-order valence-electron chi connectivity index (χ0n) is 9.97. The first-order chi connectivity index (χ1) is 8.08. The minimum atomic E-state index is -0.148. The van der Waals surface area contributed by atoms with Crippen molar-refractivity contribution in [2.24, 2.45) is 5.73 Å². The Morgan fingerprint density at radius 2 is 2.18 bits per heavy atom. The summed E-state index contributed by atoms with van der Waals surface area (Å²) in [5.41, 5.74) is 15.1. The van der Waals surface area contributed by atoms with Crippen LogP contribution < -0.4 is 11.5 Å². The molecular weight excluding hydrogens is 232 g/mol. The number of aryl methyl sites for hydroxylation is 2. The van der Waals surface area contributed by atoms with Gasteiger partial charge in [0.25, 0.3) is 0 Å². The molecule has 2 aromatic rings. The monoisotopic (exact) mass is 248 g/mol. The lowest BCUT2D eigenvalue weighted by Crippen LogP contribution is -2.17. The highest BCUT2D eigenvalue weighted by atomic mass is 32.1. The highest BCUT2D eigenvalue weighted by Crippen LogP contribution is 2.24. The van der Waals surface area contributed by atoms with Crippen LogP contribution in [0.1, 0.15) is 27.9 Å². The fourth-order valence-electron chi connectivity index (χ4n) is 1.90. The van der Waals surface area contributed by atoms with Gasteiger partial charge in [0.05, 0.1) is 10.7 Å². The van der Waals surface area contributed by atoms with Crippen LogP contribution in [0.15, 0.2) is 17.6 Å². The summed E-state index contributed by atoms with van der Waals surface area (Å²) >= 11 is 1.64. The van der Waals surface area contributed by atoms with Gasteiger partial charge in [0.2, 0.25) is 0 Å². The van der Waals surface area contributed by atoms with Gasteiger partial charge in [-0.3, -0.25) is 0 Å². The minimum absolute atomic E-state index is 0.148. The zero-order chi connectivity index (χ0) is 12.4. The van der Waals surface area contributed by atoms with Crippen molar-refractivity contribution in [3.8, 4) is 0 Å². The molecule has 17 heavy (non-hydrogen) atoms. The van der Waals surface area contributed by atoms with Crippen molar-refractivity contribution >= 4 is 17.2 Å². The summed E-state index contributed by atoms with van der Waals surface area (Å²) < 4.78 is 0. The second kappa shape index (κ2) is 4.81. The molecule has 1 atom stereocenters. The number of pyridine rings is 1. The van der Waals surface area contributed by atoms with Crippen molar-refractivity contribution < 1.29 is 0 Å². The van der Waals surface area contributed by atoms with E-state index in [-0.39, 0.29) is 6.04 Å². The Labute approximate surface area is 105 Å². The molecule has 2 heterocycles. The molecule has 90 valence electrons. The van der Waals surface area contributed by atoms with Gasteiger partial charge in [-0.2, -0.15) is 0 Å². The van der Waals surface area contributed by atoms with Gasteiger partial charge in [-0.05, 0) is 25.5 Å². The fourth-order valence-corrected chi connectivity index (χ4v) is 2.53. The lowest BCUT2D eigenvalue weighted by Gasteiger charge is -2.15. The molecule has 4 N–H and O–H groups in total. The van der Waals surface area contributed by atoms with E-state index in [1.54, 1.807) is 17.5 Å². The van der Waals surface area contributed by atoms with Gasteiger partial charge in [0.1, 0.15) is 5.82 Å². The summed E-state index contributed by atoms with van der Waals surface area (Å²) in [7, 11) is 0. The van der Waals surface area contributed by atoms with Gasteiger partial charge >= 0.3 is 0 Å². The molecule has 0 spiro atoms. The average Bonchev–Trinajstić information content (AvgIpc) is 2.63. The Hall–Kier alpha value is -1.46. The van der Waals surface area contributed by atoms with Gasteiger partial charge in [-0.25, -0.2) is 9.97 Å². The molecule has 0 saturated heterocycles. The molecule has 0 radical (unpaired) electrons. The SMILES string of the molecule is Cc1nc(CC(N)c2c(C)ccnc2N)cs1. The molecular formula is C12H16N4S. The Kier molecular flexibility index (Phi) is 3.40. The van der Waals surface area contributed by atoms with Crippen LogP contribution in [-0.2, 0) is 6.42 Å². The lowest BCUT2D eigenvalue weighted by atomic mass is 9.99. The van der Waals surface area contributed by atoms with Gasteiger partial charge < -0.3 is 11.5 Å². The van der Waals surface area contributed by atoms with Crippen LogP contribution in [0.25, 0.3) is 0 Å². The summed E-state index contributed by atoms with van der Waals surface area (Å²) in [6.07, 6.45) is 2.40. The number of anilines is 1. The Balaban J connectivity index is 2.22. The van der Waals surface area contributed by atoms with Crippen molar-refractivity contribution in [1.82, 2.24) is 9.97 Å². The largest absolute Gasteiger partial charge is 0.383 e. The minimum Gasteiger partial charge on any atom is -0.383 e. The lowest BCUT2D eigenvalue weighted by molar-refractivity contribution is 0.703. The summed E-state index contributed by atoms with van der Waals surface area (Å²) in [6, 6.07) is 1.78. The molecule has 0 aromatic carbocycles. The molecule has 0 aliphatic heterocycles. The molecule has 0 amide bonds. The van der Waals surface area contributed by atoms with Crippen molar-refractivity contribution in [3.05, 3.63) is 39.5 Å². The van der Waals surface area contributed by atoms with Crippen LogP contribution >= 0.6 is 11.3 Å². The molecule has 5 heteroatoms. The van der Waals surface area contributed by atoms with Crippen molar-refractivity contribution in [1.29, 1.82) is 0 Å². The zero-order valence-corrected chi connectivity index (χ0v) is 10.8. The normalized spacial score (nSPS) is 12.6. The van der Waals surface area contributed by atoms with Crippen LogP contribution in [0.2, 0.25) is 0 Å². The smallest absolute Gasteiger partial charge is 0.128 e. The van der Waals surface area contributed by atoms with Gasteiger partial charge in [-0.1, -0.05) is 0 Å². The molecule has 0 bridgehead atoms. The number of hydrogen-bond acceptors (Lipinski definition) is 5. The van der Waals surface area contributed by atoms with E-state index in [0.717, 1.165) is 21.8 Å². The number of aromatic nitrogens is 2. The van der Waals surface area contributed by atoms with E-state index in [9.17, 15) is 0 Å². The van der Waals surface area contributed by atoms with E-state index in [1.807, 2.05) is 25.3 Å². The van der Waals surface area contributed by atoms with E-state index in [2.05, 4.69) is 9.97 Å². The summed E-state index contributed by atoms with van der Waals surface area (Å²) in [4.78, 5) is 8.50. The van der Waals surface area contributed by atoms with Crippen LogP contribution in [0, 0.1) is 13.8 Å². The van der Waals surface area contributed by atoms with E-state index >= 15 is 0 Å². The van der Waals surface area contributed by atoms with Crippen LogP contribution in [-0.4, -0.2) is 9.97 Å². The molecule has 1 unspecified atom stereocenters. The molecule has 0 aliphatic rings. The van der Waals surface area contributed by atoms with E-state index in [1.165, 1.54) is 0 Å². The Morgan fingerprint density at radius 3 is 2.76 bits per heavy atom. The van der Waals surface area contributed by atoms with Crippen molar-refractivity contribution in [2.45, 2.75) is 26.3 Å². The second-order valence-corrected chi connectivity index (χ2v) is 5.16. The van der Waals surface area contributed by atoms with Crippen LogP contribution in [0.5, 0.6) is 0 Å². The number of thiazole rings is 1. The molecule has 4 nitrogen and oxygen atoms in total. The number of nitrogen functional groups attached to an aromatic ring is 1. The first kappa shape index (κ1) is 12.0. The Bertz CT molecular complexity index is 501. The van der Waals surface area contributed by atoms with E-state index < -0.39 is 0 Å². The third-order valence-corrected chi connectivity index (χ3v) is 3.53. The molecule has 0 aliphatic carbocycles. The summed E-state index contributed by atoms with van der Waals surface area (Å²) in [5.74, 6) is 0.518. The summed E-state index contributed by atoms with van der Waals surface area (Å²) in [6.45, 7) is 3.99. The van der Waals surface area contributed by atoms with Gasteiger partial charge in [-0.15, -0.1) is 11.3 Å². The van der Waals surface area contributed by atoms with E-state index in [4.69, 9.17) is 11.5 Å². The number of nitrogens with two attached hydrogens (primary N) is 2. The Morgan fingerprint density at radius 1 is 1.41 bits per heavy atom. The highest BCUT2D eigenvalue weighted by Gasteiger charge is 2.15. The van der Waals surface area contributed by atoms with Gasteiger partial charge in [0.15, 0.2) is 0 Å². The quantitative estimate of drug-likeness (QED) is 0.870. The number of rotatable bonds is 3. The first-order valence-electron chi connectivity index (χ1n) is 5.45. The third kappa shape index (κ3) is 2.62. The number of nitrogens with zero attached hydrogens (tertiary/aromatic N) is 2. The maximum atomic E-state index is 6.18. The molecule has 2 rings (SSSR count). The first-order valence-corrected chi connectivity index (χ1v) is 6.33. The molecule has 0 saturated carbocycles. The number of hydrogen-bond donors (Lipinski definition) is 2. The fraction of sp³-hybridized carbons (Fsp3) is 0.333. The van der Waals surface area contributed by atoms with Crippen molar-refractivity contribution in [3.63, 3.8) is 0 Å². The highest BCUT2D eigenvalue weighted by molar-refractivity contribution is 7.09. The third-order valence-electron chi connectivity index (χ3n) is 2.71.